The SMILES string of the molecule is CNS(=O)(=O)C(C)(C)c1ccccc1. The van der Waals surface area contributed by atoms with E-state index in [0.717, 1.165) is 5.56 Å². The number of rotatable bonds is 3. The molecule has 0 amide bonds. The topological polar surface area (TPSA) is 46.2 Å². The Balaban J connectivity index is 3.22. The number of hydrogen-bond acceptors (Lipinski definition) is 2. The molecule has 0 aliphatic heterocycles. The van der Waals surface area contributed by atoms with Crippen LogP contribution in [0.3, 0.4) is 0 Å². The molecule has 1 aromatic carbocycles. The van der Waals surface area contributed by atoms with Crippen LogP contribution in [0.4, 0.5) is 0 Å². The molecular formula is C10H15NO2S. The molecule has 0 atom stereocenters. The van der Waals surface area contributed by atoms with Gasteiger partial charge >= 0.3 is 0 Å². The van der Waals surface area contributed by atoms with E-state index in [0.29, 0.717) is 0 Å². The van der Waals surface area contributed by atoms with Crippen LogP contribution in [0, 0.1) is 0 Å². The van der Waals surface area contributed by atoms with Gasteiger partial charge in [0.25, 0.3) is 0 Å². The third kappa shape index (κ3) is 1.81. The molecule has 14 heavy (non-hydrogen) atoms. The van der Waals surface area contributed by atoms with Crippen molar-refractivity contribution in [2.24, 2.45) is 0 Å². The molecule has 0 saturated heterocycles. The van der Waals surface area contributed by atoms with Gasteiger partial charge in [-0.15, -0.1) is 0 Å². The van der Waals surface area contributed by atoms with Gasteiger partial charge in [0, 0.05) is 0 Å². The summed E-state index contributed by atoms with van der Waals surface area (Å²) in [5.41, 5.74) is 0.786. The molecule has 78 valence electrons. The maximum atomic E-state index is 11.7. The van der Waals surface area contributed by atoms with Crippen molar-refractivity contribution < 1.29 is 8.42 Å². The summed E-state index contributed by atoms with van der Waals surface area (Å²) in [6.45, 7) is 3.38. The van der Waals surface area contributed by atoms with Gasteiger partial charge in [0.1, 0.15) is 4.75 Å². The molecular weight excluding hydrogens is 198 g/mol. The van der Waals surface area contributed by atoms with Gasteiger partial charge in [0.05, 0.1) is 0 Å². The molecule has 0 radical (unpaired) electrons. The lowest BCUT2D eigenvalue weighted by Crippen LogP contribution is -2.37. The van der Waals surface area contributed by atoms with E-state index in [-0.39, 0.29) is 0 Å². The number of nitrogens with one attached hydrogen (secondary N) is 1. The second-order valence-corrected chi connectivity index (χ2v) is 6.02. The van der Waals surface area contributed by atoms with E-state index in [2.05, 4.69) is 4.72 Å². The first-order chi connectivity index (χ1) is 6.42. The van der Waals surface area contributed by atoms with Crippen molar-refractivity contribution in [2.45, 2.75) is 18.6 Å². The molecule has 0 unspecified atom stereocenters. The van der Waals surface area contributed by atoms with E-state index in [1.54, 1.807) is 13.8 Å². The highest BCUT2D eigenvalue weighted by atomic mass is 32.2. The van der Waals surface area contributed by atoms with Crippen LogP contribution in [0.15, 0.2) is 30.3 Å². The lowest BCUT2D eigenvalue weighted by atomic mass is 10.0. The Morgan fingerprint density at radius 1 is 1.14 bits per heavy atom. The van der Waals surface area contributed by atoms with Gasteiger partial charge in [0.15, 0.2) is 0 Å². The Bertz CT molecular complexity index is 395. The van der Waals surface area contributed by atoms with E-state index >= 15 is 0 Å². The van der Waals surface area contributed by atoms with Gasteiger partial charge < -0.3 is 0 Å². The molecule has 4 heteroatoms. The molecule has 0 aliphatic rings. The minimum Gasteiger partial charge on any atom is -0.218 e. The number of sulfonamides is 1. The van der Waals surface area contributed by atoms with Crippen LogP contribution in [0.25, 0.3) is 0 Å². The van der Waals surface area contributed by atoms with Gasteiger partial charge in [-0.25, -0.2) is 13.1 Å². The van der Waals surface area contributed by atoms with Crippen LogP contribution >= 0.6 is 0 Å². The van der Waals surface area contributed by atoms with Gasteiger partial charge in [0.2, 0.25) is 10.0 Å². The number of benzene rings is 1. The molecule has 1 rings (SSSR count). The molecule has 0 heterocycles. The fourth-order valence-electron chi connectivity index (χ4n) is 1.25. The smallest absolute Gasteiger partial charge is 0.218 e. The molecule has 0 bridgehead atoms. The standard InChI is InChI=1S/C10H15NO2S/c1-10(2,14(12,13)11-3)9-7-5-4-6-8-9/h4-8,11H,1-3H3. The van der Waals surface area contributed by atoms with Gasteiger partial charge in [-0.05, 0) is 26.5 Å². The summed E-state index contributed by atoms with van der Waals surface area (Å²) in [5.74, 6) is 0. The van der Waals surface area contributed by atoms with Crippen LogP contribution in [-0.2, 0) is 14.8 Å². The first-order valence-electron chi connectivity index (χ1n) is 4.40. The molecule has 1 N–H and O–H groups in total. The van der Waals surface area contributed by atoms with Crippen molar-refractivity contribution in [3.63, 3.8) is 0 Å². The van der Waals surface area contributed by atoms with Crippen molar-refractivity contribution in [1.82, 2.24) is 4.72 Å². The highest BCUT2D eigenvalue weighted by molar-refractivity contribution is 7.90. The molecule has 1 aromatic rings. The summed E-state index contributed by atoms with van der Waals surface area (Å²) < 4.78 is 24.9. The summed E-state index contributed by atoms with van der Waals surface area (Å²) in [7, 11) is -1.87. The highest BCUT2D eigenvalue weighted by Gasteiger charge is 2.34. The Kier molecular flexibility index (Phi) is 2.97. The summed E-state index contributed by atoms with van der Waals surface area (Å²) in [5, 5.41) is 0. The highest BCUT2D eigenvalue weighted by Crippen LogP contribution is 2.27. The number of hydrogen-bond donors (Lipinski definition) is 1. The Labute approximate surface area is 85.2 Å². The maximum absolute atomic E-state index is 11.7. The van der Waals surface area contributed by atoms with Gasteiger partial charge in [-0.2, -0.15) is 0 Å². The normalized spacial score (nSPS) is 12.8. The van der Waals surface area contributed by atoms with E-state index in [1.165, 1.54) is 7.05 Å². The average molecular weight is 213 g/mol. The van der Waals surface area contributed by atoms with Crippen LogP contribution in [0.1, 0.15) is 19.4 Å². The summed E-state index contributed by atoms with van der Waals surface area (Å²) in [4.78, 5) is 0. The predicted octanol–water partition coefficient (Wildman–Crippen LogP) is 1.47. The summed E-state index contributed by atoms with van der Waals surface area (Å²) >= 11 is 0. The van der Waals surface area contributed by atoms with Crippen molar-refractivity contribution in [3.05, 3.63) is 35.9 Å². The molecule has 0 aliphatic carbocycles. The molecule has 0 aromatic heterocycles. The van der Waals surface area contributed by atoms with E-state index < -0.39 is 14.8 Å². The third-order valence-corrected chi connectivity index (χ3v) is 4.53. The average Bonchev–Trinajstić information content (AvgIpc) is 2.19. The molecule has 3 nitrogen and oxygen atoms in total. The van der Waals surface area contributed by atoms with Gasteiger partial charge in [-0.3, -0.25) is 0 Å². The second kappa shape index (κ2) is 3.71. The zero-order valence-electron chi connectivity index (χ0n) is 8.61. The van der Waals surface area contributed by atoms with E-state index in [9.17, 15) is 8.42 Å². The van der Waals surface area contributed by atoms with Crippen LogP contribution < -0.4 is 4.72 Å². The molecule has 0 spiro atoms. The molecule has 0 saturated carbocycles. The lowest BCUT2D eigenvalue weighted by molar-refractivity contribution is 0.546. The van der Waals surface area contributed by atoms with E-state index in [4.69, 9.17) is 0 Å². The largest absolute Gasteiger partial charge is 0.220 e. The second-order valence-electron chi connectivity index (χ2n) is 3.58. The van der Waals surface area contributed by atoms with Crippen molar-refractivity contribution in [1.29, 1.82) is 0 Å². The minimum absolute atomic E-state index is 0.786. The lowest BCUT2D eigenvalue weighted by Gasteiger charge is -2.24. The summed E-state index contributed by atoms with van der Waals surface area (Å²) in [6, 6.07) is 9.17. The Morgan fingerprint density at radius 3 is 2.07 bits per heavy atom. The van der Waals surface area contributed by atoms with Crippen molar-refractivity contribution >= 4 is 10.0 Å². The van der Waals surface area contributed by atoms with Crippen LogP contribution in [-0.4, -0.2) is 15.5 Å². The first-order valence-corrected chi connectivity index (χ1v) is 5.89. The quantitative estimate of drug-likeness (QED) is 0.826. The van der Waals surface area contributed by atoms with E-state index in [1.807, 2.05) is 30.3 Å². The van der Waals surface area contributed by atoms with Gasteiger partial charge in [-0.1, -0.05) is 30.3 Å². The zero-order chi connectivity index (χ0) is 10.8. The van der Waals surface area contributed by atoms with Crippen molar-refractivity contribution in [2.75, 3.05) is 7.05 Å². The maximum Gasteiger partial charge on any atom is 0.220 e. The van der Waals surface area contributed by atoms with Crippen LogP contribution in [0.2, 0.25) is 0 Å². The summed E-state index contributed by atoms with van der Waals surface area (Å²) in [6.07, 6.45) is 0. The fraction of sp³-hybridized carbons (Fsp3) is 0.400. The predicted molar refractivity (Wildman–Crippen MR) is 57.4 cm³/mol. The minimum atomic E-state index is -3.30. The van der Waals surface area contributed by atoms with Crippen molar-refractivity contribution in [3.8, 4) is 0 Å². The van der Waals surface area contributed by atoms with Crippen LogP contribution in [0.5, 0.6) is 0 Å². The molecule has 0 fully saturated rings. The monoisotopic (exact) mass is 213 g/mol. The fourth-order valence-corrected chi connectivity index (χ4v) is 2.21. The Morgan fingerprint density at radius 2 is 1.64 bits per heavy atom. The zero-order valence-corrected chi connectivity index (χ0v) is 9.43. The first kappa shape index (κ1) is 11.2. The third-order valence-electron chi connectivity index (χ3n) is 2.41. The Hall–Kier alpha value is -0.870.